The van der Waals surface area contributed by atoms with Gasteiger partial charge in [-0.15, -0.1) is 0 Å². The van der Waals surface area contributed by atoms with E-state index in [2.05, 4.69) is 5.43 Å². The molecule has 1 fully saturated rings. The zero-order valence-electron chi connectivity index (χ0n) is 13.7. The van der Waals surface area contributed by atoms with Crippen LogP contribution in [0, 0.1) is 56.2 Å². The van der Waals surface area contributed by atoms with Crippen molar-refractivity contribution < 1.29 is 4.42 Å². The first kappa shape index (κ1) is 17.5. The van der Waals surface area contributed by atoms with Crippen LogP contribution in [-0.4, -0.2) is 24.1 Å². The van der Waals surface area contributed by atoms with Gasteiger partial charge in [-0.2, -0.15) is 21.0 Å². The van der Waals surface area contributed by atoms with E-state index in [-0.39, 0.29) is 6.42 Å². The molecule has 0 radical (unpaired) electrons. The molecule has 1 aromatic heterocycles. The summed E-state index contributed by atoms with van der Waals surface area (Å²) in [4.78, 5) is 0. The summed E-state index contributed by atoms with van der Waals surface area (Å²) < 4.78 is 5.40. The number of nitriles is 4. The second-order valence-corrected chi connectivity index (χ2v) is 5.72. The monoisotopic (exact) mass is 322 g/mol. The van der Waals surface area contributed by atoms with Crippen molar-refractivity contribution in [2.45, 2.75) is 32.2 Å². The fraction of sp³-hybridized carbons (Fsp3) is 0.529. The van der Waals surface area contributed by atoms with E-state index >= 15 is 0 Å². The zero-order chi connectivity index (χ0) is 17.8. The molecule has 122 valence electrons. The summed E-state index contributed by atoms with van der Waals surface area (Å²) in [5, 5.41) is 41.0. The van der Waals surface area contributed by atoms with E-state index in [1.54, 1.807) is 12.1 Å². The molecule has 1 heterocycles. The van der Waals surface area contributed by atoms with Gasteiger partial charge in [0.05, 0.1) is 42.5 Å². The summed E-state index contributed by atoms with van der Waals surface area (Å²) in [5.41, 5.74) is -0.434. The van der Waals surface area contributed by atoms with E-state index in [0.717, 1.165) is 0 Å². The highest BCUT2D eigenvalue weighted by Gasteiger charge is 2.70. The Morgan fingerprint density at radius 2 is 1.71 bits per heavy atom. The summed E-state index contributed by atoms with van der Waals surface area (Å²) in [5.74, 6) is -0.216. The highest BCUT2D eigenvalue weighted by atomic mass is 16.3. The fourth-order valence-corrected chi connectivity index (χ4v) is 3.45. The third-order valence-corrected chi connectivity index (χ3v) is 4.83. The first-order chi connectivity index (χ1) is 11.6. The molecule has 0 aliphatic heterocycles. The average Bonchev–Trinajstić information content (AvgIpc) is 3.23. The molecule has 24 heavy (non-hydrogen) atoms. The minimum absolute atomic E-state index is 0.284. The van der Waals surface area contributed by atoms with Crippen molar-refractivity contribution in [3.05, 3.63) is 24.2 Å². The van der Waals surface area contributed by atoms with E-state index in [1.165, 1.54) is 6.26 Å². The van der Waals surface area contributed by atoms with Gasteiger partial charge in [-0.25, -0.2) is 10.4 Å². The molecule has 1 N–H and O–H groups in total. The Kier molecular flexibility index (Phi) is 4.91. The molecule has 1 saturated carbocycles. The maximum atomic E-state index is 9.79. The molecule has 1 aromatic rings. The number of furan rings is 1. The van der Waals surface area contributed by atoms with Crippen LogP contribution < -0.4 is 5.43 Å². The van der Waals surface area contributed by atoms with Gasteiger partial charge >= 0.3 is 0 Å². The van der Waals surface area contributed by atoms with Crippen molar-refractivity contribution >= 4 is 0 Å². The molecule has 7 nitrogen and oxygen atoms in total. The van der Waals surface area contributed by atoms with E-state index in [9.17, 15) is 21.0 Å². The molecular formula is C17H18N6O. The van der Waals surface area contributed by atoms with Gasteiger partial charge in [0.25, 0.3) is 0 Å². The minimum Gasteiger partial charge on any atom is -0.469 e. The van der Waals surface area contributed by atoms with Crippen molar-refractivity contribution in [1.29, 1.82) is 21.0 Å². The summed E-state index contributed by atoms with van der Waals surface area (Å²) in [6, 6.07) is 10.6. The van der Waals surface area contributed by atoms with Gasteiger partial charge in [0, 0.05) is 13.1 Å². The van der Waals surface area contributed by atoms with Crippen LogP contribution in [0.1, 0.15) is 31.9 Å². The molecular weight excluding hydrogens is 304 g/mol. The van der Waals surface area contributed by atoms with Gasteiger partial charge in [0.1, 0.15) is 5.76 Å². The fourth-order valence-electron chi connectivity index (χ4n) is 3.45. The highest BCUT2D eigenvalue weighted by Crippen LogP contribution is 2.59. The largest absolute Gasteiger partial charge is 0.469 e. The Morgan fingerprint density at radius 1 is 1.12 bits per heavy atom. The summed E-state index contributed by atoms with van der Waals surface area (Å²) >= 11 is 0. The third-order valence-electron chi connectivity index (χ3n) is 4.83. The first-order valence-corrected chi connectivity index (χ1v) is 7.78. The van der Waals surface area contributed by atoms with Gasteiger partial charge in [-0.1, -0.05) is 13.8 Å². The molecule has 0 spiro atoms. The molecule has 0 aromatic carbocycles. The molecule has 2 unspecified atom stereocenters. The smallest absolute Gasteiger partial charge is 0.192 e. The van der Waals surface area contributed by atoms with E-state index in [0.29, 0.717) is 18.8 Å². The lowest BCUT2D eigenvalue weighted by Crippen LogP contribution is -2.53. The predicted octanol–water partition coefficient (Wildman–Crippen LogP) is 2.05. The van der Waals surface area contributed by atoms with Crippen LogP contribution in [0.4, 0.5) is 0 Å². The molecule has 0 bridgehead atoms. The van der Waals surface area contributed by atoms with Crippen LogP contribution in [0.3, 0.4) is 0 Å². The van der Waals surface area contributed by atoms with Crippen molar-refractivity contribution in [3.8, 4) is 24.3 Å². The lowest BCUT2D eigenvalue weighted by molar-refractivity contribution is 0.138. The molecule has 2 rings (SSSR count). The molecule has 1 aliphatic rings. The second kappa shape index (κ2) is 6.73. The van der Waals surface area contributed by atoms with Gasteiger partial charge in [0.15, 0.2) is 10.8 Å². The lowest BCUT2D eigenvalue weighted by Gasteiger charge is -2.33. The Bertz CT molecular complexity index is 710. The number of hydrogen-bond donors (Lipinski definition) is 1. The standard InChI is InChI=1S/C17H18N6O/c1-3-23(4-2)22-15-8-13(14-6-5-7-24-14)16(9-18,10-19)17(15,11-20)12-21/h5-7,13,15,22H,3-4,8H2,1-2H3. The second-order valence-electron chi connectivity index (χ2n) is 5.72. The number of nitrogens with one attached hydrogen (secondary N) is 1. The van der Waals surface area contributed by atoms with Crippen LogP contribution >= 0.6 is 0 Å². The highest BCUT2D eigenvalue weighted by molar-refractivity contribution is 5.45. The maximum Gasteiger partial charge on any atom is 0.192 e. The number of hydrogen-bond acceptors (Lipinski definition) is 7. The predicted molar refractivity (Wildman–Crippen MR) is 83.2 cm³/mol. The first-order valence-electron chi connectivity index (χ1n) is 7.78. The van der Waals surface area contributed by atoms with Crippen LogP contribution in [0.2, 0.25) is 0 Å². The quantitative estimate of drug-likeness (QED) is 0.822. The average molecular weight is 322 g/mol. The normalized spacial score (nSPS) is 23.8. The van der Waals surface area contributed by atoms with Gasteiger partial charge in [-0.3, -0.25) is 0 Å². The summed E-state index contributed by atoms with van der Waals surface area (Å²) in [6.07, 6.45) is 1.74. The Labute approximate surface area is 141 Å². The van der Waals surface area contributed by atoms with E-state index in [4.69, 9.17) is 4.42 Å². The maximum absolute atomic E-state index is 9.79. The van der Waals surface area contributed by atoms with Crippen LogP contribution in [0.15, 0.2) is 22.8 Å². The van der Waals surface area contributed by atoms with Crippen molar-refractivity contribution in [2.75, 3.05) is 13.1 Å². The van der Waals surface area contributed by atoms with Crippen molar-refractivity contribution in [3.63, 3.8) is 0 Å². The third kappa shape index (κ3) is 2.24. The van der Waals surface area contributed by atoms with Gasteiger partial charge in [0.2, 0.25) is 0 Å². The molecule has 2 atom stereocenters. The van der Waals surface area contributed by atoms with Crippen molar-refractivity contribution in [2.24, 2.45) is 10.8 Å². The van der Waals surface area contributed by atoms with Crippen LogP contribution in [0.25, 0.3) is 0 Å². The number of rotatable bonds is 5. The topological polar surface area (TPSA) is 124 Å². The Morgan fingerprint density at radius 3 is 2.12 bits per heavy atom. The van der Waals surface area contributed by atoms with Crippen LogP contribution in [0.5, 0.6) is 0 Å². The van der Waals surface area contributed by atoms with Gasteiger partial charge in [-0.05, 0) is 18.6 Å². The molecule has 0 saturated heterocycles. The summed E-state index contributed by atoms with van der Waals surface area (Å²) in [6.45, 7) is 5.21. The zero-order valence-corrected chi connectivity index (χ0v) is 13.7. The van der Waals surface area contributed by atoms with Gasteiger partial charge < -0.3 is 4.42 Å². The lowest BCUT2D eigenvalue weighted by atomic mass is 9.64. The van der Waals surface area contributed by atoms with Crippen molar-refractivity contribution in [1.82, 2.24) is 10.4 Å². The molecule has 1 aliphatic carbocycles. The number of nitrogens with zero attached hydrogens (tertiary/aromatic N) is 5. The van der Waals surface area contributed by atoms with E-state index in [1.807, 2.05) is 43.1 Å². The van der Waals surface area contributed by atoms with Crippen LogP contribution in [-0.2, 0) is 0 Å². The molecule has 0 amide bonds. The SMILES string of the molecule is CCN(CC)NC1CC(c2ccco2)C(C#N)(C#N)C1(C#N)C#N. The Hall–Kier alpha value is -2.84. The number of hydrazine groups is 1. The Balaban J connectivity index is 2.60. The summed E-state index contributed by atoms with van der Waals surface area (Å²) in [7, 11) is 0. The molecule has 7 heteroatoms. The minimum atomic E-state index is -1.81. The van der Waals surface area contributed by atoms with E-state index < -0.39 is 22.8 Å².